The molecule has 2 aliphatic carbocycles. The normalized spacial score (nSPS) is 39.6. The van der Waals surface area contributed by atoms with Crippen LogP contribution < -0.4 is 5.32 Å². The molecule has 1 saturated heterocycles. The average Bonchev–Trinajstić information content (AvgIpc) is 2.43. The second-order valence-corrected chi connectivity index (χ2v) is 7.10. The number of hydrogen-bond donors (Lipinski definition) is 1. The zero-order valence-electron chi connectivity index (χ0n) is 12.7. The van der Waals surface area contributed by atoms with Crippen molar-refractivity contribution >= 4 is 0 Å². The predicted molar refractivity (Wildman–Crippen MR) is 81.4 cm³/mol. The van der Waals surface area contributed by atoms with Crippen LogP contribution in [0.25, 0.3) is 0 Å². The number of likely N-dealkylation sites (tertiary alicyclic amines) is 1. The van der Waals surface area contributed by atoms with E-state index in [9.17, 15) is 0 Å². The minimum Gasteiger partial charge on any atom is -0.316 e. The molecule has 0 bridgehead atoms. The number of piperidine rings is 1. The first-order chi connectivity index (χ1) is 9.40. The van der Waals surface area contributed by atoms with E-state index in [1.54, 1.807) is 0 Å². The van der Waals surface area contributed by atoms with Gasteiger partial charge in [-0.15, -0.1) is 0 Å². The van der Waals surface area contributed by atoms with Gasteiger partial charge in [0.1, 0.15) is 0 Å². The molecule has 1 aliphatic heterocycles. The molecule has 3 fully saturated rings. The lowest BCUT2D eigenvalue weighted by molar-refractivity contribution is -0.0317. The maximum absolute atomic E-state index is 3.65. The Labute approximate surface area is 119 Å². The molecule has 2 saturated carbocycles. The van der Waals surface area contributed by atoms with Gasteiger partial charge in [-0.3, -0.25) is 4.90 Å². The Morgan fingerprint density at radius 2 is 1.79 bits per heavy atom. The molecule has 0 aromatic rings. The van der Waals surface area contributed by atoms with Crippen molar-refractivity contribution in [2.24, 2.45) is 11.8 Å². The highest BCUT2D eigenvalue weighted by atomic mass is 15.2. The van der Waals surface area contributed by atoms with Crippen molar-refractivity contribution in [1.82, 2.24) is 10.2 Å². The van der Waals surface area contributed by atoms with Gasteiger partial charge in [0.05, 0.1) is 0 Å². The lowest BCUT2D eigenvalue weighted by Crippen LogP contribution is -2.58. The molecule has 1 heterocycles. The van der Waals surface area contributed by atoms with Crippen molar-refractivity contribution in [2.75, 3.05) is 19.6 Å². The van der Waals surface area contributed by atoms with Gasteiger partial charge in [0, 0.05) is 12.1 Å². The Hall–Kier alpha value is -0.0800. The quantitative estimate of drug-likeness (QED) is 0.766. The highest BCUT2D eigenvalue weighted by Gasteiger charge is 2.42. The summed E-state index contributed by atoms with van der Waals surface area (Å²) in [6.07, 6.45) is 13.2. The Morgan fingerprint density at radius 3 is 2.58 bits per heavy atom. The van der Waals surface area contributed by atoms with Gasteiger partial charge in [-0.1, -0.05) is 19.8 Å². The maximum atomic E-state index is 3.65. The minimum atomic E-state index is 0.926. The van der Waals surface area contributed by atoms with Crippen LogP contribution in [-0.2, 0) is 0 Å². The number of rotatable bonds is 5. The first-order valence-electron chi connectivity index (χ1n) is 8.86. The SMILES string of the molecule is CCCNCC1CCC1N1CCC[C@H]2CCCC[C@H]21. The molecule has 0 aromatic carbocycles. The van der Waals surface area contributed by atoms with E-state index in [2.05, 4.69) is 17.1 Å². The number of hydrogen-bond acceptors (Lipinski definition) is 2. The fraction of sp³-hybridized carbons (Fsp3) is 1.00. The molecule has 110 valence electrons. The first-order valence-corrected chi connectivity index (χ1v) is 8.86. The number of fused-ring (bicyclic) bond motifs is 1. The predicted octanol–water partition coefficient (Wildman–Crippen LogP) is 3.42. The summed E-state index contributed by atoms with van der Waals surface area (Å²) < 4.78 is 0. The van der Waals surface area contributed by atoms with Gasteiger partial charge in [-0.05, 0) is 76.4 Å². The van der Waals surface area contributed by atoms with E-state index in [0.717, 1.165) is 23.9 Å². The van der Waals surface area contributed by atoms with Crippen LogP contribution in [-0.4, -0.2) is 36.6 Å². The second kappa shape index (κ2) is 6.58. The van der Waals surface area contributed by atoms with Gasteiger partial charge in [-0.25, -0.2) is 0 Å². The molecular weight excluding hydrogens is 232 g/mol. The minimum absolute atomic E-state index is 0.926. The molecular formula is C17H32N2. The fourth-order valence-corrected chi connectivity index (χ4v) is 4.77. The molecule has 19 heavy (non-hydrogen) atoms. The van der Waals surface area contributed by atoms with Gasteiger partial charge in [0.25, 0.3) is 0 Å². The van der Waals surface area contributed by atoms with Crippen LogP contribution in [0.2, 0.25) is 0 Å². The third kappa shape index (κ3) is 3.00. The lowest BCUT2D eigenvalue weighted by atomic mass is 9.72. The summed E-state index contributed by atoms with van der Waals surface area (Å²) in [6, 6.07) is 1.89. The average molecular weight is 264 g/mol. The van der Waals surface area contributed by atoms with Crippen molar-refractivity contribution < 1.29 is 0 Å². The Morgan fingerprint density at radius 1 is 0.947 bits per heavy atom. The van der Waals surface area contributed by atoms with Crippen LogP contribution in [0.4, 0.5) is 0 Å². The highest BCUT2D eigenvalue weighted by molar-refractivity contribution is 4.97. The molecule has 2 unspecified atom stereocenters. The number of nitrogens with zero attached hydrogens (tertiary/aromatic N) is 1. The smallest absolute Gasteiger partial charge is 0.0139 e. The van der Waals surface area contributed by atoms with Gasteiger partial charge >= 0.3 is 0 Å². The lowest BCUT2D eigenvalue weighted by Gasteiger charge is -2.53. The molecule has 3 aliphatic rings. The van der Waals surface area contributed by atoms with Crippen molar-refractivity contribution in [2.45, 2.75) is 76.8 Å². The van der Waals surface area contributed by atoms with Crippen LogP contribution >= 0.6 is 0 Å². The summed E-state index contributed by atoms with van der Waals surface area (Å²) in [7, 11) is 0. The van der Waals surface area contributed by atoms with Gasteiger partial charge < -0.3 is 5.32 Å². The van der Waals surface area contributed by atoms with Crippen LogP contribution in [0, 0.1) is 11.8 Å². The topological polar surface area (TPSA) is 15.3 Å². The third-order valence-corrected chi connectivity index (χ3v) is 5.92. The summed E-state index contributed by atoms with van der Waals surface area (Å²) in [6.45, 7) is 6.14. The second-order valence-electron chi connectivity index (χ2n) is 7.10. The van der Waals surface area contributed by atoms with E-state index >= 15 is 0 Å². The van der Waals surface area contributed by atoms with Crippen molar-refractivity contribution in [3.63, 3.8) is 0 Å². The Balaban J connectivity index is 1.55. The van der Waals surface area contributed by atoms with E-state index in [0.29, 0.717) is 0 Å². The Kier molecular flexibility index (Phi) is 4.81. The van der Waals surface area contributed by atoms with E-state index < -0.39 is 0 Å². The van der Waals surface area contributed by atoms with Gasteiger partial charge in [-0.2, -0.15) is 0 Å². The van der Waals surface area contributed by atoms with E-state index in [1.807, 2.05) is 0 Å². The molecule has 0 amide bonds. The highest BCUT2D eigenvalue weighted by Crippen LogP contribution is 2.41. The van der Waals surface area contributed by atoms with Crippen molar-refractivity contribution in [1.29, 1.82) is 0 Å². The van der Waals surface area contributed by atoms with E-state index in [4.69, 9.17) is 0 Å². The molecule has 2 nitrogen and oxygen atoms in total. The molecule has 0 spiro atoms. The van der Waals surface area contributed by atoms with Crippen molar-refractivity contribution in [3.8, 4) is 0 Å². The van der Waals surface area contributed by atoms with Gasteiger partial charge in [0.2, 0.25) is 0 Å². The molecule has 2 heteroatoms. The maximum Gasteiger partial charge on any atom is 0.0139 e. The Bertz CT molecular complexity index is 276. The zero-order chi connectivity index (χ0) is 13.1. The molecule has 3 rings (SSSR count). The van der Waals surface area contributed by atoms with E-state index in [-0.39, 0.29) is 0 Å². The van der Waals surface area contributed by atoms with Crippen LogP contribution in [0.5, 0.6) is 0 Å². The molecule has 4 atom stereocenters. The summed E-state index contributed by atoms with van der Waals surface area (Å²) in [4.78, 5) is 2.95. The molecule has 0 aromatic heterocycles. The summed E-state index contributed by atoms with van der Waals surface area (Å²) in [5, 5.41) is 3.65. The van der Waals surface area contributed by atoms with E-state index in [1.165, 1.54) is 77.4 Å². The summed E-state index contributed by atoms with van der Waals surface area (Å²) in [5.41, 5.74) is 0. The fourth-order valence-electron chi connectivity index (χ4n) is 4.77. The van der Waals surface area contributed by atoms with Crippen LogP contribution in [0.3, 0.4) is 0 Å². The third-order valence-electron chi connectivity index (χ3n) is 5.92. The summed E-state index contributed by atoms with van der Waals surface area (Å²) >= 11 is 0. The van der Waals surface area contributed by atoms with Crippen LogP contribution in [0.1, 0.15) is 64.7 Å². The first kappa shape index (κ1) is 13.9. The zero-order valence-corrected chi connectivity index (χ0v) is 12.7. The molecule has 0 radical (unpaired) electrons. The van der Waals surface area contributed by atoms with Crippen LogP contribution in [0.15, 0.2) is 0 Å². The van der Waals surface area contributed by atoms with Gasteiger partial charge in [0.15, 0.2) is 0 Å². The largest absolute Gasteiger partial charge is 0.316 e. The summed E-state index contributed by atoms with van der Waals surface area (Å²) in [5.74, 6) is 2.00. The van der Waals surface area contributed by atoms with Crippen molar-refractivity contribution in [3.05, 3.63) is 0 Å². The monoisotopic (exact) mass is 264 g/mol. The standard InChI is InChI=1S/C17H32N2/c1-2-11-18-13-15-9-10-17(15)19-12-5-7-14-6-3-4-8-16(14)19/h14-18H,2-13H2,1H3/t14-,15?,16-,17?/m1/s1. The molecule has 1 N–H and O–H groups in total. The number of nitrogens with one attached hydrogen (secondary N) is 1.